The SMILES string of the molecule is Fc1ccc(-c2nc(-c3ccc(F)cc3)c3c(-c4ccccc4)c(-c4ccccc4)c(-c4ccccc4)c(-c4ccccc4)c3n2)cc1. The zero-order valence-electron chi connectivity index (χ0n) is 25.8. The molecule has 0 unspecified atom stereocenters. The number of halogens is 2. The highest BCUT2D eigenvalue weighted by Gasteiger charge is 2.28. The maximum absolute atomic E-state index is 14.4. The smallest absolute Gasteiger partial charge is 0.160 e. The van der Waals surface area contributed by atoms with E-state index in [0.29, 0.717) is 17.1 Å². The van der Waals surface area contributed by atoms with Gasteiger partial charge in [0, 0.05) is 33.2 Å². The Hall–Kier alpha value is -6.26. The van der Waals surface area contributed by atoms with Crippen LogP contribution in [0.2, 0.25) is 0 Å². The first-order valence-corrected chi connectivity index (χ1v) is 15.8. The monoisotopic (exact) mass is 622 g/mol. The van der Waals surface area contributed by atoms with E-state index in [0.717, 1.165) is 61.0 Å². The first kappa shape index (κ1) is 29.2. The first-order chi connectivity index (χ1) is 23.7. The van der Waals surface area contributed by atoms with Gasteiger partial charge in [0.1, 0.15) is 11.6 Å². The molecule has 0 amide bonds. The van der Waals surface area contributed by atoms with Crippen molar-refractivity contribution < 1.29 is 8.78 Å². The first-order valence-electron chi connectivity index (χ1n) is 15.8. The lowest BCUT2D eigenvalue weighted by Crippen LogP contribution is -2.03. The number of aromatic nitrogens is 2. The van der Waals surface area contributed by atoms with E-state index >= 15 is 0 Å². The molecule has 0 saturated carbocycles. The highest BCUT2D eigenvalue weighted by atomic mass is 19.1. The molecule has 0 saturated heterocycles. The summed E-state index contributed by atoms with van der Waals surface area (Å²) in [6.45, 7) is 0. The molecule has 0 fully saturated rings. The van der Waals surface area contributed by atoms with Crippen LogP contribution in [0.5, 0.6) is 0 Å². The number of benzene rings is 7. The average Bonchev–Trinajstić information content (AvgIpc) is 3.15. The molecule has 7 aromatic carbocycles. The van der Waals surface area contributed by atoms with E-state index in [1.165, 1.54) is 24.3 Å². The van der Waals surface area contributed by atoms with Crippen molar-refractivity contribution in [1.82, 2.24) is 9.97 Å². The molecule has 1 aromatic heterocycles. The molecule has 0 bridgehead atoms. The van der Waals surface area contributed by atoms with Crippen molar-refractivity contribution in [2.75, 3.05) is 0 Å². The van der Waals surface area contributed by atoms with Crippen LogP contribution in [0.3, 0.4) is 0 Å². The molecular formula is C44H28F2N2. The third-order valence-electron chi connectivity index (χ3n) is 8.62. The van der Waals surface area contributed by atoms with Crippen molar-refractivity contribution in [3.05, 3.63) is 181 Å². The minimum atomic E-state index is -0.339. The van der Waals surface area contributed by atoms with Crippen LogP contribution in [0.4, 0.5) is 8.78 Å². The van der Waals surface area contributed by atoms with Gasteiger partial charge in [-0.25, -0.2) is 18.7 Å². The topological polar surface area (TPSA) is 25.8 Å². The molecule has 48 heavy (non-hydrogen) atoms. The van der Waals surface area contributed by atoms with Crippen LogP contribution in [-0.2, 0) is 0 Å². The summed E-state index contributed by atoms with van der Waals surface area (Å²) >= 11 is 0. The van der Waals surface area contributed by atoms with Crippen LogP contribution in [0.25, 0.3) is 78.1 Å². The summed E-state index contributed by atoms with van der Waals surface area (Å²) in [5.41, 5.74) is 10.9. The van der Waals surface area contributed by atoms with E-state index in [-0.39, 0.29) is 11.6 Å². The van der Waals surface area contributed by atoms with Crippen LogP contribution in [0.1, 0.15) is 0 Å². The van der Waals surface area contributed by atoms with Crippen LogP contribution in [-0.4, -0.2) is 9.97 Å². The Bertz CT molecular complexity index is 2360. The second-order valence-corrected chi connectivity index (χ2v) is 11.6. The molecule has 8 aromatic rings. The zero-order valence-corrected chi connectivity index (χ0v) is 25.8. The van der Waals surface area contributed by atoms with E-state index in [2.05, 4.69) is 72.8 Å². The van der Waals surface area contributed by atoms with Crippen LogP contribution >= 0.6 is 0 Å². The van der Waals surface area contributed by atoms with Gasteiger partial charge in [0.2, 0.25) is 0 Å². The number of hydrogen-bond donors (Lipinski definition) is 0. The summed E-state index contributed by atoms with van der Waals surface area (Å²) in [6, 6.07) is 54.1. The molecule has 0 spiro atoms. The molecule has 2 nitrogen and oxygen atoms in total. The molecule has 0 aliphatic rings. The second-order valence-electron chi connectivity index (χ2n) is 11.6. The van der Waals surface area contributed by atoms with Gasteiger partial charge in [0.25, 0.3) is 0 Å². The van der Waals surface area contributed by atoms with Crippen molar-refractivity contribution in [2.24, 2.45) is 0 Å². The minimum absolute atomic E-state index is 0.333. The maximum Gasteiger partial charge on any atom is 0.160 e. The molecule has 4 heteroatoms. The Kier molecular flexibility index (Phi) is 7.60. The van der Waals surface area contributed by atoms with E-state index < -0.39 is 0 Å². The third kappa shape index (κ3) is 5.33. The molecule has 228 valence electrons. The van der Waals surface area contributed by atoms with Crippen molar-refractivity contribution >= 4 is 10.9 Å². The summed E-state index contributed by atoms with van der Waals surface area (Å²) in [7, 11) is 0. The molecule has 0 radical (unpaired) electrons. The number of fused-ring (bicyclic) bond motifs is 1. The summed E-state index contributed by atoms with van der Waals surface area (Å²) in [6.07, 6.45) is 0. The average molecular weight is 623 g/mol. The normalized spacial score (nSPS) is 11.1. The van der Waals surface area contributed by atoms with Crippen LogP contribution in [0.15, 0.2) is 170 Å². The quantitative estimate of drug-likeness (QED) is 0.184. The predicted molar refractivity (Wildman–Crippen MR) is 192 cm³/mol. The predicted octanol–water partition coefficient (Wildman–Crippen LogP) is 11.9. The minimum Gasteiger partial charge on any atom is -0.227 e. The Labute approximate surface area is 277 Å². The van der Waals surface area contributed by atoms with Gasteiger partial charge in [0.15, 0.2) is 5.82 Å². The maximum atomic E-state index is 14.4. The van der Waals surface area contributed by atoms with Gasteiger partial charge in [-0.1, -0.05) is 121 Å². The second kappa shape index (κ2) is 12.5. The largest absolute Gasteiger partial charge is 0.227 e. The van der Waals surface area contributed by atoms with Crippen molar-refractivity contribution in [2.45, 2.75) is 0 Å². The van der Waals surface area contributed by atoms with Crippen molar-refractivity contribution in [3.63, 3.8) is 0 Å². The lowest BCUT2D eigenvalue weighted by molar-refractivity contribution is 0.627. The van der Waals surface area contributed by atoms with Gasteiger partial charge < -0.3 is 0 Å². The van der Waals surface area contributed by atoms with Gasteiger partial charge in [-0.15, -0.1) is 0 Å². The third-order valence-corrected chi connectivity index (χ3v) is 8.62. The fourth-order valence-electron chi connectivity index (χ4n) is 6.48. The van der Waals surface area contributed by atoms with Crippen molar-refractivity contribution in [1.29, 1.82) is 0 Å². The Morgan fingerprint density at radius 2 is 0.688 bits per heavy atom. The Morgan fingerprint density at radius 1 is 0.312 bits per heavy atom. The molecule has 0 aliphatic heterocycles. The summed E-state index contributed by atoms with van der Waals surface area (Å²) in [5, 5.41) is 0.844. The molecule has 0 aliphatic carbocycles. The van der Waals surface area contributed by atoms with Crippen LogP contribution < -0.4 is 0 Å². The van der Waals surface area contributed by atoms with E-state index in [1.54, 1.807) is 24.3 Å². The van der Waals surface area contributed by atoms with E-state index in [9.17, 15) is 8.78 Å². The summed E-state index contributed by atoms with van der Waals surface area (Å²) < 4.78 is 28.5. The highest BCUT2D eigenvalue weighted by Crippen LogP contribution is 2.52. The molecule has 0 atom stereocenters. The number of hydrogen-bond acceptors (Lipinski definition) is 2. The Morgan fingerprint density at radius 3 is 1.15 bits per heavy atom. The number of nitrogens with zero attached hydrogens (tertiary/aromatic N) is 2. The lowest BCUT2D eigenvalue weighted by atomic mass is 9.79. The zero-order chi connectivity index (χ0) is 32.5. The fraction of sp³-hybridized carbons (Fsp3) is 0. The Balaban J connectivity index is 1.68. The van der Waals surface area contributed by atoms with Gasteiger partial charge in [-0.2, -0.15) is 0 Å². The summed E-state index contributed by atoms with van der Waals surface area (Å²) in [5.74, 6) is -0.224. The van der Waals surface area contributed by atoms with E-state index in [4.69, 9.17) is 9.97 Å². The number of rotatable bonds is 6. The van der Waals surface area contributed by atoms with E-state index in [1.807, 2.05) is 48.5 Å². The van der Waals surface area contributed by atoms with Crippen molar-refractivity contribution in [3.8, 4) is 67.2 Å². The summed E-state index contributed by atoms with van der Waals surface area (Å²) in [4.78, 5) is 10.6. The fourth-order valence-corrected chi connectivity index (χ4v) is 6.48. The standard InChI is InChI=1S/C44H28F2N2/c45-35-25-21-33(22-26-35)42-41-39(31-17-9-3-10-18-31)37(29-13-5-1-6-14-29)38(30-15-7-2-8-16-30)40(32-19-11-4-12-20-32)43(41)48-44(47-42)34-23-27-36(46)28-24-34/h1-28H. The highest BCUT2D eigenvalue weighted by molar-refractivity contribution is 6.20. The molecule has 1 heterocycles. The van der Waals surface area contributed by atoms with Gasteiger partial charge in [-0.05, 0) is 76.3 Å². The van der Waals surface area contributed by atoms with Gasteiger partial charge >= 0.3 is 0 Å². The van der Waals surface area contributed by atoms with Gasteiger partial charge in [0.05, 0.1) is 11.2 Å². The molecule has 8 rings (SSSR count). The molecule has 0 N–H and O–H groups in total. The van der Waals surface area contributed by atoms with Gasteiger partial charge in [-0.3, -0.25) is 0 Å². The van der Waals surface area contributed by atoms with Crippen LogP contribution in [0, 0.1) is 11.6 Å². The lowest BCUT2D eigenvalue weighted by Gasteiger charge is -2.25. The molecular weight excluding hydrogens is 594 g/mol.